The maximum Gasteiger partial charge on any atom is 0.255 e. The van der Waals surface area contributed by atoms with Gasteiger partial charge >= 0.3 is 0 Å². The molecule has 0 saturated carbocycles. The van der Waals surface area contributed by atoms with Gasteiger partial charge in [-0.1, -0.05) is 13.3 Å². The van der Waals surface area contributed by atoms with E-state index in [9.17, 15) is 13.2 Å². The number of nitrogens with zero attached hydrogens (tertiary/aromatic N) is 1. The molecule has 0 fully saturated rings. The number of sulfonamides is 1. The van der Waals surface area contributed by atoms with Crippen LogP contribution in [0.3, 0.4) is 0 Å². The number of rotatable bonds is 8. The summed E-state index contributed by atoms with van der Waals surface area (Å²) in [6.45, 7) is 3.06. The molecule has 0 atom stereocenters. The maximum atomic E-state index is 12.3. The van der Waals surface area contributed by atoms with E-state index in [1.165, 1.54) is 38.4 Å². The first kappa shape index (κ1) is 19.9. The van der Waals surface area contributed by atoms with Crippen LogP contribution in [0.15, 0.2) is 53.4 Å². The van der Waals surface area contributed by atoms with Gasteiger partial charge < -0.3 is 10.6 Å². The van der Waals surface area contributed by atoms with Crippen molar-refractivity contribution in [3.63, 3.8) is 0 Å². The zero-order valence-corrected chi connectivity index (χ0v) is 16.1. The second-order valence-electron chi connectivity index (χ2n) is 6.12. The van der Waals surface area contributed by atoms with Crippen LogP contribution in [-0.4, -0.2) is 39.3 Å². The third kappa shape index (κ3) is 5.06. The number of hydrogen-bond donors (Lipinski definition) is 2. The highest BCUT2D eigenvalue weighted by Crippen LogP contribution is 2.17. The van der Waals surface area contributed by atoms with Crippen molar-refractivity contribution in [1.29, 1.82) is 0 Å². The van der Waals surface area contributed by atoms with E-state index >= 15 is 0 Å². The number of anilines is 2. The van der Waals surface area contributed by atoms with E-state index in [-0.39, 0.29) is 10.8 Å². The second-order valence-corrected chi connectivity index (χ2v) is 8.28. The summed E-state index contributed by atoms with van der Waals surface area (Å²) in [6.07, 6.45) is 2.24. The third-order valence-electron chi connectivity index (χ3n) is 3.90. The van der Waals surface area contributed by atoms with Crippen LogP contribution in [0.1, 0.15) is 30.1 Å². The largest absolute Gasteiger partial charge is 0.385 e. The zero-order valence-electron chi connectivity index (χ0n) is 15.3. The van der Waals surface area contributed by atoms with Crippen LogP contribution in [0, 0.1) is 0 Å². The molecule has 0 aliphatic carbocycles. The lowest BCUT2D eigenvalue weighted by molar-refractivity contribution is 0.102. The van der Waals surface area contributed by atoms with Gasteiger partial charge in [0.05, 0.1) is 4.90 Å². The predicted octanol–water partition coefficient (Wildman–Crippen LogP) is 3.40. The van der Waals surface area contributed by atoms with Crippen molar-refractivity contribution in [2.24, 2.45) is 0 Å². The molecule has 7 heteroatoms. The molecule has 0 spiro atoms. The molecule has 0 radical (unpaired) electrons. The molecule has 6 nitrogen and oxygen atoms in total. The Kier molecular flexibility index (Phi) is 6.76. The first-order valence-electron chi connectivity index (χ1n) is 8.52. The average molecular weight is 375 g/mol. The number of nitrogens with one attached hydrogen (secondary N) is 2. The van der Waals surface area contributed by atoms with E-state index < -0.39 is 10.0 Å². The van der Waals surface area contributed by atoms with Crippen LogP contribution in [-0.2, 0) is 10.0 Å². The van der Waals surface area contributed by atoms with Gasteiger partial charge in [0.15, 0.2) is 0 Å². The topological polar surface area (TPSA) is 78.5 Å². The number of amides is 1. The monoisotopic (exact) mass is 375 g/mol. The number of carbonyl (C=O) groups is 1. The van der Waals surface area contributed by atoms with Crippen LogP contribution >= 0.6 is 0 Å². The molecule has 2 N–H and O–H groups in total. The standard InChI is InChI=1S/C19H25N3O3S/c1-4-5-14-20-16-8-10-17(11-9-16)21-19(23)15-6-12-18(13-7-15)26(24,25)22(2)3/h6-13,20H,4-5,14H2,1-3H3,(H,21,23). The van der Waals surface area contributed by atoms with Crippen LogP contribution in [0.5, 0.6) is 0 Å². The Morgan fingerprint density at radius 2 is 1.54 bits per heavy atom. The lowest BCUT2D eigenvalue weighted by Gasteiger charge is -2.12. The van der Waals surface area contributed by atoms with E-state index in [2.05, 4.69) is 17.6 Å². The van der Waals surface area contributed by atoms with Crippen molar-refractivity contribution in [3.8, 4) is 0 Å². The highest BCUT2D eigenvalue weighted by Gasteiger charge is 2.17. The van der Waals surface area contributed by atoms with Gasteiger partial charge in [0, 0.05) is 37.6 Å². The number of unbranched alkanes of at least 4 members (excludes halogenated alkanes) is 1. The van der Waals surface area contributed by atoms with Gasteiger partial charge in [0.1, 0.15) is 0 Å². The number of carbonyl (C=O) groups excluding carboxylic acids is 1. The van der Waals surface area contributed by atoms with E-state index in [0.29, 0.717) is 11.3 Å². The Bertz CT molecular complexity index is 829. The van der Waals surface area contributed by atoms with Crippen LogP contribution in [0.2, 0.25) is 0 Å². The molecule has 0 saturated heterocycles. The van der Waals surface area contributed by atoms with Crippen molar-refractivity contribution in [3.05, 3.63) is 54.1 Å². The molecule has 0 aromatic heterocycles. The fourth-order valence-corrected chi connectivity index (χ4v) is 3.17. The lowest BCUT2D eigenvalue weighted by atomic mass is 10.2. The summed E-state index contributed by atoms with van der Waals surface area (Å²) < 4.78 is 25.2. The van der Waals surface area contributed by atoms with Crippen LogP contribution in [0.25, 0.3) is 0 Å². The quantitative estimate of drug-likeness (QED) is 0.693. The van der Waals surface area contributed by atoms with Gasteiger partial charge in [-0.3, -0.25) is 4.79 Å². The number of hydrogen-bond acceptors (Lipinski definition) is 4. The predicted molar refractivity (Wildman–Crippen MR) is 105 cm³/mol. The van der Waals surface area contributed by atoms with Gasteiger partial charge in [0.2, 0.25) is 10.0 Å². The lowest BCUT2D eigenvalue weighted by Crippen LogP contribution is -2.22. The molecule has 0 heterocycles. The van der Waals surface area contributed by atoms with E-state index in [4.69, 9.17) is 0 Å². The Morgan fingerprint density at radius 3 is 2.08 bits per heavy atom. The minimum atomic E-state index is -3.50. The molecule has 26 heavy (non-hydrogen) atoms. The summed E-state index contributed by atoms with van der Waals surface area (Å²) in [4.78, 5) is 12.5. The van der Waals surface area contributed by atoms with Gasteiger partial charge in [-0.05, 0) is 55.0 Å². The first-order chi connectivity index (χ1) is 12.3. The van der Waals surface area contributed by atoms with Crippen molar-refractivity contribution in [2.45, 2.75) is 24.7 Å². The third-order valence-corrected chi connectivity index (χ3v) is 5.73. The van der Waals surface area contributed by atoms with Crippen molar-refractivity contribution in [1.82, 2.24) is 4.31 Å². The molecule has 2 rings (SSSR count). The Morgan fingerprint density at radius 1 is 0.962 bits per heavy atom. The minimum absolute atomic E-state index is 0.154. The molecule has 0 unspecified atom stereocenters. The molecule has 1 amide bonds. The van der Waals surface area contributed by atoms with E-state index in [1.54, 1.807) is 0 Å². The summed E-state index contributed by atoms with van der Waals surface area (Å²) in [5.41, 5.74) is 2.09. The smallest absolute Gasteiger partial charge is 0.255 e. The highest BCUT2D eigenvalue weighted by molar-refractivity contribution is 7.89. The fourth-order valence-electron chi connectivity index (χ4n) is 2.27. The van der Waals surface area contributed by atoms with Gasteiger partial charge in [-0.15, -0.1) is 0 Å². The summed E-state index contributed by atoms with van der Waals surface area (Å²) >= 11 is 0. The summed E-state index contributed by atoms with van der Waals surface area (Å²) in [5.74, 6) is -0.287. The Labute approximate surface area is 155 Å². The van der Waals surface area contributed by atoms with E-state index in [1.807, 2.05) is 24.3 Å². The number of benzene rings is 2. The zero-order chi connectivity index (χ0) is 19.2. The molecular formula is C19H25N3O3S. The molecule has 2 aromatic carbocycles. The summed E-state index contributed by atoms with van der Waals surface area (Å²) in [6, 6.07) is 13.4. The minimum Gasteiger partial charge on any atom is -0.385 e. The van der Waals surface area contributed by atoms with Crippen molar-refractivity contribution in [2.75, 3.05) is 31.3 Å². The normalized spacial score (nSPS) is 11.4. The molecule has 140 valence electrons. The molecule has 0 bridgehead atoms. The van der Waals surface area contributed by atoms with Crippen molar-refractivity contribution >= 4 is 27.3 Å². The molecular weight excluding hydrogens is 350 g/mol. The first-order valence-corrected chi connectivity index (χ1v) is 9.96. The summed E-state index contributed by atoms with van der Waals surface area (Å²) in [7, 11) is -0.560. The van der Waals surface area contributed by atoms with Crippen LogP contribution in [0.4, 0.5) is 11.4 Å². The maximum absolute atomic E-state index is 12.3. The second kappa shape index (κ2) is 8.82. The average Bonchev–Trinajstić information content (AvgIpc) is 2.63. The highest BCUT2D eigenvalue weighted by atomic mass is 32.2. The molecule has 0 aliphatic rings. The van der Waals surface area contributed by atoms with E-state index in [0.717, 1.165) is 29.4 Å². The molecule has 2 aromatic rings. The van der Waals surface area contributed by atoms with Gasteiger partial charge in [0.25, 0.3) is 5.91 Å². The Balaban J connectivity index is 2.01. The summed E-state index contributed by atoms with van der Waals surface area (Å²) in [5, 5.41) is 6.12. The van der Waals surface area contributed by atoms with Crippen LogP contribution < -0.4 is 10.6 Å². The Hall–Kier alpha value is -2.38. The fraction of sp³-hybridized carbons (Fsp3) is 0.316. The molecule has 0 aliphatic heterocycles. The van der Waals surface area contributed by atoms with Crippen molar-refractivity contribution < 1.29 is 13.2 Å². The van der Waals surface area contributed by atoms with Gasteiger partial charge in [-0.2, -0.15) is 0 Å². The SMILES string of the molecule is CCCCNc1ccc(NC(=O)c2ccc(S(=O)(=O)N(C)C)cc2)cc1. The van der Waals surface area contributed by atoms with Gasteiger partial charge in [-0.25, -0.2) is 12.7 Å².